The number of hydrogen-bond donors (Lipinski definition) is 0. The quantitative estimate of drug-likeness (QED) is 0.127. The number of pyridine rings is 2. The zero-order valence-corrected chi connectivity index (χ0v) is 33.4. The maximum Gasteiger partial charge on any atom is 0 e. The molecule has 0 unspecified atom stereocenters. The Bertz CT molecular complexity index is 2110. The van der Waals surface area contributed by atoms with Gasteiger partial charge in [0.05, 0.1) is 0 Å². The molecule has 0 bridgehead atoms. The maximum atomic E-state index is 4.68. The molecule has 239 valence electrons. The molecule has 0 fully saturated rings. The van der Waals surface area contributed by atoms with Gasteiger partial charge in [-0.05, 0) is 69.9 Å². The van der Waals surface area contributed by atoms with E-state index in [1.807, 2.05) is 54.1 Å². The topological polar surface area (TPSA) is 25.8 Å². The number of aryl methyl sites for hydroxylation is 2. The van der Waals surface area contributed by atoms with Gasteiger partial charge in [0, 0.05) is 31.0 Å². The Morgan fingerprint density at radius 1 is 0.723 bits per heavy atom. The summed E-state index contributed by atoms with van der Waals surface area (Å²) >= 11 is 0.131. The number of benzene rings is 4. The van der Waals surface area contributed by atoms with Gasteiger partial charge in [-0.15, -0.1) is 23.8 Å². The molecule has 5 heteroatoms. The number of nitrogens with zero attached hydrogens (tertiary/aromatic N) is 2. The van der Waals surface area contributed by atoms with Crippen molar-refractivity contribution in [3.05, 3.63) is 138 Å². The van der Waals surface area contributed by atoms with Gasteiger partial charge in [-0.25, -0.2) is 0 Å². The van der Waals surface area contributed by atoms with Gasteiger partial charge in [-0.2, -0.15) is 11.3 Å². The fourth-order valence-electron chi connectivity index (χ4n) is 5.85. The third-order valence-electron chi connectivity index (χ3n) is 8.52. The van der Waals surface area contributed by atoms with Crippen LogP contribution in [0.25, 0.3) is 53.8 Å². The fourth-order valence-corrected chi connectivity index (χ4v) is 9.27. The molecule has 0 aliphatic carbocycles. The third-order valence-corrected chi connectivity index (χ3v) is 14.0. The normalized spacial score (nSPS) is 11.3. The Balaban J connectivity index is 0.000000217. The number of thiophene rings is 1. The molecule has 7 rings (SSSR count). The molecule has 7 aromatic rings. The van der Waals surface area contributed by atoms with Crippen LogP contribution < -0.4 is 4.40 Å². The Morgan fingerprint density at radius 2 is 1.51 bits per heavy atom. The smallest absolute Gasteiger partial charge is 0 e. The van der Waals surface area contributed by atoms with E-state index in [4.69, 9.17) is 0 Å². The fraction of sp³-hybridized carbons (Fsp3) is 0.190. The predicted octanol–water partition coefficient (Wildman–Crippen LogP) is 11.4. The minimum atomic E-state index is -1.72. The summed E-state index contributed by atoms with van der Waals surface area (Å²) < 4.78 is 4.02. The van der Waals surface area contributed by atoms with Crippen molar-refractivity contribution in [1.82, 2.24) is 9.97 Å². The first-order chi connectivity index (χ1) is 22.1. The molecule has 0 saturated carbocycles. The molecule has 47 heavy (non-hydrogen) atoms. The van der Waals surface area contributed by atoms with Gasteiger partial charge in [0.1, 0.15) is 0 Å². The summed E-state index contributed by atoms with van der Waals surface area (Å²) in [6, 6.07) is 40.9. The predicted molar refractivity (Wildman–Crippen MR) is 202 cm³/mol. The second kappa shape index (κ2) is 14.8. The Kier molecular flexibility index (Phi) is 11.0. The van der Waals surface area contributed by atoms with Crippen molar-refractivity contribution in [2.24, 2.45) is 0 Å². The minimum absolute atomic E-state index is 0. The van der Waals surface area contributed by atoms with Crippen molar-refractivity contribution in [1.29, 1.82) is 0 Å². The largest absolute Gasteiger partial charge is 0 e. The molecule has 0 aliphatic rings. The molecule has 0 spiro atoms. The summed E-state index contributed by atoms with van der Waals surface area (Å²) in [7, 11) is 0. The Labute approximate surface area is 300 Å². The van der Waals surface area contributed by atoms with E-state index >= 15 is 0 Å². The summed E-state index contributed by atoms with van der Waals surface area (Å²) in [6.07, 6.45) is 3.96. The third kappa shape index (κ3) is 7.68. The van der Waals surface area contributed by atoms with Gasteiger partial charge in [0.15, 0.2) is 0 Å². The van der Waals surface area contributed by atoms with Crippen molar-refractivity contribution < 1.29 is 20.1 Å². The summed E-state index contributed by atoms with van der Waals surface area (Å²) in [6.45, 7) is 8.83. The summed E-state index contributed by atoms with van der Waals surface area (Å²) in [5, 5.41) is 2.59. The van der Waals surface area contributed by atoms with E-state index in [9.17, 15) is 0 Å². The van der Waals surface area contributed by atoms with Crippen LogP contribution in [0.2, 0.25) is 17.3 Å². The van der Waals surface area contributed by atoms with Crippen LogP contribution in [0, 0.1) is 26.0 Å². The van der Waals surface area contributed by atoms with Crippen molar-refractivity contribution in [2.75, 3.05) is 0 Å². The van der Waals surface area contributed by atoms with Crippen molar-refractivity contribution in [2.45, 2.75) is 50.9 Å². The van der Waals surface area contributed by atoms with Crippen LogP contribution in [0.1, 0.15) is 36.5 Å². The van der Waals surface area contributed by atoms with E-state index in [1.54, 1.807) is 0 Å². The molecule has 3 aromatic heterocycles. The minimum Gasteiger partial charge on any atom is 0 e. The van der Waals surface area contributed by atoms with Crippen molar-refractivity contribution in [3.63, 3.8) is 0 Å². The first kappa shape index (κ1) is 34.9. The van der Waals surface area contributed by atoms with E-state index in [-0.39, 0.29) is 20.1 Å². The number of hydrogen-bond acceptors (Lipinski definition) is 3. The van der Waals surface area contributed by atoms with Gasteiger partial charge in [0.2, 0.25) is 0 Å². The number of aromatic nitrogens is 2. The van der Waals surface area contributed by atoms with E-state index in [0.717, 1.165) is 22.5 Å². The first-order valence-corrected chi connectivity index (χ1v) is 24.1. The van der Waals surface area contributed by atoms with Crippen LogP contribution in [-0.4, -0.2) is 23.2 Å². The average molecular weight is 870 g/mol. The van der Waals surface area contributed by atoms with Gasteiger partial charge in [-0.1, -0.05) is 61.2 Å². The zero-order chi connectivity index (χ0) is 32.4. The van der Waals surface area contributed by atoms with Crippen LogP contribution in [-0.2, 0) is 20.1 Å². The molecule has 2 nitrogen and oxygen atoms in total. The maximum absolute atomic E-state index is 4.68. The van der Waals surface area contributed by atoms with Gasteiger partial charge < -0.3 is 4.98 Å². The molecular weight excluding hydrogens is 829 g/mol. The standard InChI is InChI=1S/C28H24NS.C14H16GeN.Ir/c1-17(2)20-13-14-29-25(15-20)24-10-6-9-23-22-12-11-21(16-26(22)30-28(23)24)27-18(3)7-5-8-19(27)4;1-15(2,3)13-9-10-14(16-11-13)12-7-5-4-6-8-12;/h5-9,11-17H,1-4H3;4-7,9-11H,1-3H3;/q2*-1;. The van der Waals surface area contributed by atoms with Gasteiger partial charge in [0.25, 0.3) is 0 Å². The van der Waals surface area contributed by atoms with Crippen LogP contribution in [0.15, 0.2) is 109 Å². The van der Waals surface area contributed by atoms with Gasteiger partial charge >= 0.3 is 99.8 Å². The van der Waals surface area contributed by atoms with E-state index in [0.29, 0.717) is 5.92 Å². The summed E-state index contributed by atoms with van der Waals surface area (Å²) in [5.41, 5.74) is 10.8. The Morgan fingerprint density at radius 3 is 2.17 bits per heavy atom. The average Bonchev–Trinajstić information content (AvgIpc) is 3.43. The Hall–Kier alpha value is -3.41. The molecule has 4 aromatic carbocycles. The SMILES string of the molecule is Cc1cccc(C)c1-c1ccc2c(c1)sc1c(-c3cc(C(C)C)ccn3)[c-]ccc12.[CH3][Ge]([CH3])([CH3])[c]1ccc(-c2[c-]cccc2)nc1.[Ir]. The second-order valence-electron chi connectivity index (χ2n) is 13.3. The van der Waals surface area contributed by atoms with Gasteiger partial charge in [-0.3, -0.25) is 0 Å². The summed E-state index contributed by atoms with van der Waals surface area (Å²) in [4.78, 5) is 9.21. The zero-order valence-electron chi connectivity index (χ0n) is 28.1. The van der Waals surface area contributed by atoms with Crippen LogP contribution in [0.5, 0.6) is 0 Å². The molecule has 0 atom stereocenters. The number of fused-ring (bicyclic) bond motifs is 3. The van der Waals surface area contributed by atoms with Crippen LogP contribution in [0.3, 0.4) is 0 Å². The molecule has 3 heterocycles. The molecule has 0 aliphatic heterocycles. The molecular formula is C42H40GeIrN2S-2. The van der Waals surface area contributed by atoms with Crippen LogP contribution >= 0.6 is 11.3 Å². The second-order valence-corrected chi connectivity index (χ2v) is 25.0. The summed E-state index contributed by atoms with van der Waals surface area (Å²) in [5.74, 6) is 7.62. The van der Waals surface area contributed by atoms with Crippen LogP contribution in [0.4, 0.5) is 0 Å². The first-order valence-electron chi connectivity index (χ1n) is 15.9. The van der Waals surface area contributed by atoms with E-state index in [2.05, 4.69) is 134 Å². The molecule has 0 amide bonds. The van der Waals surface area contributed by atoms with Crippen molar-refractivity contribution >= 4 is 49.2 Å². The molecule has 0 saturated heterocycles. The van der Waals surface area contributed by atoms with E-state index in [1.165, 1.54) is 52.4 Å². The van der Waals surface area contributed by atoms with E-state index < -0.39 is 13.3 Å². The number of rotatable bonds is 5. The monoisotopic (exact) mass is 871 g/mol. The molecule has 1 radical (unpaired) electrons. The van der Waals surface area contributed by atoms with Crippen molar-refractivity contribution in [3.8, 4) is 33.6 Å². The molecule has 0 N–H and O–H groups in total.